The first-order valence-corrected chi connectivity index (χ1v) is 6.66. The number of nitrogens with one attached hydrogen (secondary N) is 1. The molecule has 0 radical (unpaired) electrons. The number of carbonyl (C=O) groups is 1. The van der Waals surface area contributed by atoms with Crippen molar-refractivity contribution in [1.82, 2.24) is 5.48 Å². The SMILES string of the molecule is C=C/C(=C\C=C/C)C1=C(N)C(C(=O)c2ccccc2)NO1. The zero-order chi connectivity index (χ0) is 15.2. The van der Waals surface area contributed by atoms with Crippen LogP contribution >= 0.6 is 0 Å². The predicted octanol–water partition coefficient (Wildman–Crippen LogP) is 2.63. The van der Waals surface area contributed by atoms with E-state index in [4.69, 9.17) is 10.6 Å². The molecular weight excluding hydrogens is 264 g/mol. The molecule has 21 heavy (non-hydrogen) atoms. The van der Waals surface area contributed by atoms with Crippen molar-refractivity contribution in [3.05, 3.63) is 83.8 Å². The number of benzene rings is 1. The fourth-order valence-corrected chi connectivity index (χ4v) is 2.00. The number of rotatable bonds is 5. The van der Waals surface area contributed by atoms with E-state index >= 15 is 0 Å². The summed E-state index contributed by atoms with van der Waals surface area (Å²) in [5, 5.41) is 0. The highest BCUT2D eigenvalue weighted by Gasteiger charge is 2.32. The summed E-state index contributed by atoms with van der Waals surface area (Å²) in [6.45, 7) is 5.64. The number of ketones is 1. The summed E-state index contributed by atoms with van der Waals surface area (Å²) >= 11 is 0. The first-order chi connectivity index (χ1) is 10.2. The van der Waals surface area contributed by atoms with E-state index in [2.05, 4.69) is 12.1 Å². The molecule has 0 aliphatic carbocycles. The lowest BCUT2D eigenvalue weighted by molar-refractivity contribution is 0.0814. The molecule has 1 aliphatic rings. The summed E-state index contributed by atoms with van der Waals surface area (Å²) in [4.78, 5) is 17.8. The average molecular weight is 282 g/mol. The van der Waals surface area contributed by atoms with Crippen molar-refractivity contribution in [1.29, 1.82) is 0 Å². The summed E-state index contributed by atoms with van der Waals surface area (Å²) in [5.41, 5.74) is 10.4. The largest absolute Gasteiger partial charge is 0.405 e. The molecule has 0 saturated heterocycles. The van der Waals surface area contributed by atoms with Gasteiger partial charge in [-0.15, -0.1) is 5.48 Å². The Hall–Kier alpha value is -2.59. The maximum Gasteiger partial charge on any atom is 0.189 e. The number of hydrogen-bond acceptors (Lipinski definition) is 4. The molecule has 0 bridgehead atoms. The molecule has 4 nitrogen and oxygen atoms in total. The molecule has 2 rings (SSSR count). The van der Waals surface area contributed by atoms with Crippen molar-refractivity contribution in [2.75, 3.05) is 0 Å². The lowest BCUT2D eigenvalue weighted by Crippen LogP contribution is -2.35. The Labute approximate surface area is 124 Å². The Morgan fingerprint density at radius 3 is 2.71 bits per heavy atom. The molecule has 0 fully saturated rings. The third-order valence-electron chi connectivity index (χ3n) is 3.12. The Bertz CT molecular complexity index is 627. The van der Waals surface area contributed by atoms with Crippen LogP contribution < -0.4 is 11.2 Å². The molecule has 0 amide bonds. The summed E-state index contributed by atoms with van der Waals surface area (Å²) in [6.07, 6.45) is 7.20. The molecule has 1 aromatic carbocycles. The van der Waals surface area contributed by atoms with Gasteiger partial charge in [0.05, 0.1) is 5.70 Å². The second-order valence-corrected chi connectivity index (χ2v) is 4.52. The quantitative estimate of drug-likeness (QED) is 0.643. The monoisotopic (exact) mass is 282 g/mol. The minimum atomic E-state index is -0.684. The Kier molecular flexibility index (Phi) is 4.74. The van der Waals surface area contributed by atoms with E-state index < -0.39 is 6.04 Å². The zero-order valence-electron chi connectivity index (χ0n) is 11.9. The highest BCUT2D eigenvalue weighted by molar-refractivity contribution is 6.02. The molecule has 1 atom stereocenters. The molecule has 1 heterocycles. The van der Waals surface area contributed by atoms with Gasteiger partial charge in [0, 0.05) is 11.1 Å². The van der Waals surface area contributed by atoms with Gasteiger partial charge in [-0.05, 0) is 6.92 Å². The first kappa shape index (κ1) is 14.8. The van der Waals surface area contributed by atoms with Gasteiger partial charge >= 0.3 is 0 Å². The Morgan fingerprint density at radius 2 is 2.10 bits per heavy atom. The van der Waals surface area contributed by atoms with Gasteiger partial charge in [0.25, 0.3) is 0 Å². The summed E-state index contributed by atoms with van der Waals surface area (Å²) in [6, 6.07) is 8.29. The Balaban J connectivity index is 2.29. The molecule has 0 spiro atoms. The van der Waals surface area contributed by atoms with Gasteiger partial charge < -0.3 is 10.6 Å². The number of hydrogen-bond donors (Lipinski definition) is 2. The van der Waals surface area contributed by atoms with E-state index in [0.29, 0.717) is 17.0 Å². The smallest absolute Gasteiger partial charge is 0.189 e. The molecule has 108 valence electrons. The topological polar surface area (TPSA) is 64.4 Å². The van der Waals surface area contributed by atoms with Crippen LogP contribution in [0, 0.1) is 0 Å². The van der Waals surface area contributed by atoms with Crippen LogP contribution in [0.5, 0.6) is 0 Å². The molecule has 1 aliphatic heterocycles. The van der Waals surface area contributed by atoms with Gasteiger partial charge in [0.2, 0.25) is 0 Å². The molecule has 0 saturated carbocycles. The van der Waals surface area contributed by atoms with Crippen LogP contribution in [0.25, 0.3) is 0 Å². The first-order valence-electron chi connectivity index (χ1n) is 6.66. The molecule has 3 N–H and O–H groups in total. The van der Waals surface area contributed by atoms with Crippen molar-refractivity contribution < 1.29 is 9.63 Å². The molecule has 1 aromatic rings. The fraction of sp³-hybridized carbons (Fsp3) is 0.118. The van der Waals surface area contributed by atoms with Gasteiger partial charge in [-0.2, -0.15) is 0 Å². The standard InChI is InChI=1S/C17H18N2O2/c1-3-5-9-12(4-2)17-14(18)15(19-21-17)16(20)13-10-7-6-8-11-13/h3-11,15,19H,2,18H2,1H3/b5-3-,12-9+. The molecule has 4 heteroatoms. The van der Waals surface area contributed by atoms with Gasteiger partial charge in [0.1, 0.15) is 6.04 Å². The van der Waals surface area contributed by atoms with E-state index in [1.54, 1.807) is 18.2 Å². The highest BCUT2D eigenvalue weighted by Crippen LogP contribution is 2.23. The lowest BCUT2D eigenvalue weighted by atomic mass is 10.0. The van der Waals surface area contributed by atoms with Crippen LogP contribution in [-0.2, 0) is 4.84 Å². The summed E-state index contributed by atoms with van der Waals surface area (Å²) < 4.78 is 0. The van der Waals surface area contributed by atoms with Crippen LogP contribution in [0.4, 0.5) is 0 Å². The number of hydroxylamine groups is 1. The van der Waals surface area contributed by atoms with Gasteiger partial charge in [-0.25, -0.2) is 0 Å². The highest BCUT2D eigenvalue weighted by atomic mass is 16.7. The van der Waals surface area contributed by atoms with Crippen molar-refractivity contribution in [2.24, 2.45) is 5.73 Å². The number of nitrogens with two attached hydrogens (primary N) is 1. The third-order valence-corrected chi connectivity index (χ3v) is 3.12. The van der Waals surface area contributed by atoms with Crippen molar-refractivity contribution >= 4 is 5.78 Å². The van der Waals surface area contributed by atoms with E-state index in [1.807, 2.05) is 43.4 Å². The van der Waals surface area contributed by atoms with Crippen molar-refractivity contribution in [2.45, 2.75) is 13.0 Å². The predicted molar refractivity (Wildman–Crippen MR) is 83.1 cm³/mol. The lowest BCUT2D eigenvalue weighted by Gasteiger charge is -2.08. The van der Waals surface area contributed by atoms with Crippen LogP contribution in [0.2, 0.25) is 0 Å². The molecule has 0 aromatic heterocycles. The van der Waals surface area contributed by atoms with Crippen LogP contribution in [0.1, 0.15) is 17.3 Å². The second-order valence-electron chi connectivity index (χ2n) is 4.52. The third kappa shape index (κ3) is 3.12. The van der Waals surface area contributed by atoms with E-state index in [1.165, 1.54) is 0 Å². The number of allylic oxidation sites excluding steroid dienone is 4. The van der Waals surface area contributed by atoms with Gasteiger partial charge in [0.15, 0.2) is 11.5 Å². The average Bonchev–Trinajstić information content (AvgIpc) is 2.90. The van der Waals surface area contributed by atoms with Crippen molar-refractivity contribution in [3.8, 4) is 0 Å². The maximum absolute atomic E-state index is 12.4. The van der Waals surface area contributed by atoms with Crippen LogP contribution in [0.15, 0.2) is 78.2 Å². The zero-order valence-corrected chi connectivity index (χ0v) is 11.9. The van der Waals surface area contributed by atoms with Crippen LogP contribution in [0.3, 0.4) is 0 Å². The molecular formula is C17H18N2O2. The normalized spacial score (nSPS) is 18.9. The van der Waals surface area contributed by atoms with Gasteiger partial charge in [-0.3, -0.25) is 4.79 Å². The van der Waals surface area contributed by atoms with E-state index in [0.717, 1.165) is 5.57 Å². The van der Waals surface area contributed by atoms with Crippen LogP contribution in [-0.4, -0.2) is 11.8 Å². The number of carbonyl (C=O) groups excluding carboxylic acids is 1. The summed E-state index contributed by atoms with van der Waals surface area (Å²) in [7, 11) is 0. The molecule has 1 unspecified atom stereocenters. The van der Waals surface area contributed by atoms with E-state index in [-0.39, 0.29) is 5.78 Å². The summed E-state index contributed by atoms with van der Waals surface area (Å²) in [5.74, 6) is 0.315. The maximum atomic E-state index is 12.4. The fourth-order valence-electron chi connectivity index (χ4n) is 2.00. The second kappa shape index (κ2) is 6.72. The Morgan fingerprint density at radius 1 is 1.38 bits per heavy atom. The van der Waals surface area contributed by atoms with Gasteiger partial charge in [-0.1, -0.05) is 61.2 Å². The minimum absolute atomic E-state index is 0.127. The van der Waals surface area contributed by atoms with Crippen molar-refractivity contribution in [3.63, 3.8) is 0 Å². The van der Waals surface area contributed by atoms with E-state index in [9.17, 15) is 4.79 Å². The number of Topliss-reactive ketones (excluding diaryl/α,β-unsaturated/α-hetero) is 1. The minimum Gasteiger partial charge on any atom is -0.405 e.